The smallest absolute Gasteiger partial charge is 0.253 e. The van der Waals surface area contributed by atoms with Crippen molar-refractivity contribution in [3.05, 3.63) is 23.4 Å². The van der Waals surface area contributed by atoms with Crippen LogP contribution < -0.4 is 11.3 Å². The van der Waals surface area contributed by atoms with Crippen molar-refractivity contribution in [2.75, 3.05) is 19.0 Å². The van der Waals surface area contributed by atoms with Crippen molar-refractivity contribution in [1.29, 1.82) is 5.26 Å². The van der Waals surface area contributed by atoms with Crippen molar-refractivity contribution in [2.45, 2.75) is 26.7 Å². The Kier molecular flexibility index (Phi) is 5.47. The fourth-order valence-electron chi connectivity index (χ4n) is 1.80. The number of hydrogen-bond acceptors (Lipinski definition) is 5. The summed E-state index contributed by atoms with van der Waals surface area (Å²) in [6.45, 7) is 6.17. The predicted octanol–water partition coefficient (Wildman–Crippen LogP) is 1.72. The first-order valence-corrected chi connectivity index (χ1v) is 6.52. The Morgan fingerprint density at radius 3 is 2.65 bits per heavy atom. The second-order valence-corrected chi connectivity index (χ2v) is 5.18. The number of hydrazine groups is 1. The molecule has 20 heavy (non-hydrogen) atoms. The summed E-state index contributed by atoms with van der Waals surface area (Å²) in [7, 11) is 1.68. The van der Waals surface area contributed by atoms with Crippen LogP contribution in [0.5, 0.6) is 0 Å². The average Bonchev–Trinajstić information content (AvgIpc) is 2.45. The van der Waals surface area contributed by atoms with Gasteiger partial charge in [-0.05, 0) is 25.0 Å². The van der Waals surface area contributed by atoms with Crippen LogP contribution in [0.3, 0.4) is 0 Å². The van der Waals surface area contributed by atoms with Crippen LogP contribution in [0.1, 0.15) is 42.7 Å². The molecule has 6 heteroatoms. The van der Waals surface area contributed by atoms with E-state index in [1.165, 1.54) is 4.90 Å². The molecule has 0 saturated heterocycles. The van der Waals surface area contributed by atoms with E-state index in [0.717, 1.165) is 5.69 Å². The van der Waals surface area contributed by atoms with Crippen LogP contribution in [0.4, 0.5) is 5.82 Å². The van der Waals surface area contributed by atoms with E-state index in [4.69, 9.17) is 11.1 Å². The van der Waals surface area contributed by atoms with Gasteiger partial charge in [0.15, 0.2) is 0 Å². The molecule has 1 unspecified atom stereocenters. The second kappa shape index (κ2) is 6.87. The zero-order valence-corrected chi connectivity index (χ0v) is 12.3. The SMILES string of the molecule is CC(C#N)CN(C)C(=O)c1cc(NN)nc(C(C)C)c1. The van der Waals surface area contributed by atoms with Gasteiger partial charge in [0.2, 0.25) is 0 Å². The second-order valence-electron chi connectivity index (χ2n) is 5.18. The summed E-state index contributed by atoms with van der Waals surface area (Å²) < 4.78 is 0. The minimum atomic E-state index is -0.206. The first-order chi connectivity index (χ1) is 9.38. The number of nitriles is 1. The molecular formula is C14H21N5O. The largest absolute Gasteiger partial charge is 0.340 e. The van der Waals surface area contributed by atoms with Gasteiger partial charge in [-0.3, -0.25) is 4.79 Å². The number of nitrogen functional groups attached to an aromatic ring is 1. The number of nitrogens with one attached hydrogen (secondary N) is 1. The van der Waals surface area contributed by atoms with Gasteiger partial charge in [-0.25, -0.2) is 10.8 Å². The molecule has 0 radical (unpaired) electrons. The maximum absolute atomic E-state index is 12.4. The third-order valence-electron chi connectivity index (χ3n) is 2.95. The number of amides is 1. The monoisotopic (exact) mass is 275 g/mol. The molecule has 6 nitrogen and oxygen atoms in total. The molecule has 0 saturated carbocycles. The van der Waals surface area contributed by atoms with Gasteiger partial charge in [0.1, 0.15) is 5.82 Å². The molecule has 3 N–H and O–H groups in total. The van der Waals surface area contributed by atoms with Crippen LogP contribution in [0.25, 0.3) is 0 Å². The highest BCUT2D eigenvalue weighted by molar-refractivity contribution is 5.94. The zero-order chi connectivity index (χ0) is 15.3. The molecule has 0 spiro atoms. The Balaban J connectivity index is 3.03. The summed E-state index contributed by atoms with van der Waals surface area (Å²) in [4.78, 5) is 18.2. The Hall–Kier alpha value is -2.13. The highest BCUT2D eigenvalue weighted by Crippen LogP contribution is 2.18. The summed E-state index contributed by atoms with van der Waals surface area (Å²) in [5.74, 6) is 5.69. The van der Waals surface area contributed by atoms with Crippen LogP contribution >= 0.6 is 0 Å². The maximum Gasteiger partial charge on any atom is 0.253 e. The lowest BCUT2D eigenvalue weighted by Crippen LogP contribution is -2.31. The van der Waals surface area contributed by atoms with Crippen molar-refractivity contribution >= 4 is 11.7 Å². The summed E-state index contributed by atoms with van der Waals surface area (Å²) >= 11 is 0. The van der Waals surface area contributed by atoms with Crippen LogP contribution in [-0.4, -0.2) is 29.4 Å². The molecule has 0 aromatic carbocycles. The maximum atomic E-state index is 12.4. The highest BCUT2D eigenvalue weighted by atomic mass is 16.2. The summed E-state index contributed by atoms with van der Waals surface area (Å²) in [6.07, 6.45) is 0. The van der Waals surface area contributed by atoms with E-state index in [1.54, 1.807) is 26.1 Å². The van der Waals surface area contributed by atoms with Crippen LogP contribution in [0.2, 0.25) is 0 Å². The van der Waals surface area contributed by atoms with Gasteiger partial charge < -0.3 is 10.3 Å². The number of rotatable bonds is 5. The number of anilines is 1. The van der Waals surface area contributed by atoms with E-state index >= 15 is 0 Å². The third kappa shape index (κ3) is 3.93. The number of nitrogens with zero attached hydrogens (tertiary/aromatic N) is 3. The third-order valence-corrected chi connectivity index (χ3v) is 2.95. The molecule has 0 fully saturated rings. The van der Waals surface area contributed by atoms with E-state index in [-0.39, 0.29) is 17.7 Å². The van der Waals surface area contributed by atoms with Crippen molar-refractivity contribution < 1.29 is 4.79 Å². The van der Waals surface area contributed by atoms with Gasteiger partial charge in [-0.1, -0.05) is 13.8 Å². The molecule has 1 aromatic rings. The lowest BCUT2D eigenvalue weighted by Gasteiger charge is -2.19. The standard InChI is InChI=1S/C14H21N5O/c1-9(2)12-5-11(6-13(17-12)18-16)14(20)19(4)8-10(3)7-15/h5-6,9-10H,8,16H2,1-4H3,(H,17,18). The van der Waals surface area contributed by atoms with E-state index in [2.05, 4.69) is 16.5 Å². The fraction of sp³-hybridized carbons (Fsp3) is 0.500. The normalized spacial score (nSPS) is 11.8. The molecule has 108 valence electrons. The molecule has 0 aliphatic rings. The number of nitrogens with two attached hydrogens (primary N) is 1. The summed E-state index contributed by atoms with van der Waals surface area (Å²) in [6, 6.07) is 5.49. The van der Waals surface area contributed by atoms with Crippen molar-refractivity contribution in [2.24, 2.45) is 11.8 Å². The molecule has 0 aliphatic heterocycles. The fourth-order valence-corrected chi connectivity index (χ4v) is 1.80. The lowest BCUT2D eigenvalue weighted by molar-refractivity contribution is 0.0785. The summed E-state index contributed by atoms with van der Waals surface area (Å²) in [5, 5.41) is 8.81. The minimum Gasteiger partial charge on any atom is -0.340 e. The van der Waals surface area contributed by atoms with Crippen molar-refractivity contribution in [3.63, 3.8) is 0 Å². The predicted molar refractivity (Wildman–Crippen MR) is 77.9 cm³/mol. The van der Waals surface area contributed by atoms with Gasteiger partial charge in [0.05, 0.1) is 12.0 Å². The van der Waals surface area contributed by atoms with E-state index < -0.39 is 0 Å². The molecular weight excluding hydrogens is 254 g/mol. The van der Waals surface area contributed by atoms with Crippen molar-refractivity contribution in [3.8, 4) is 6.07 Å². The molecule has 1 rings (SSSR count). The van der Waals surface area contributed by atoms with Gasteiger partial charge in [0, 0.05) is 24.8 Å². The van der Waals surface area contributed by atoms with Gasteiger partial charge in [-0.2, -0.15) is 5.26 Å². The average molecular weight is 275 g/mol. The Bertz CT molecular complexity index is 521. The first-order valence-electron chi connectivity index (χ1n) is 6.52. The molecule has 0 bridgehead atoms. The Morgan fingerprint density at radius 1 is 1.50 bits per heavy atom. The quantitative estimate of drug-likeness (QED) is 0.630. The molecule has 1 amide bonds. The molecule has 1 aromatic heterocycles. The van der Waals surface area contributed by atoms with Crippen molar-refractivity contribution in [1.82, 2.24) is 9.88 Å². The summed E-state index contributed by atoms with van der Waals surface area (Å²) in [5.41, 5.74) is 3.79. The van der Waals surface area contributed by atoms with E-state index in [0.29, 0.717) is 17.9 Å². The Labute approximate surface area is 119 Å². The lowest BCUT2D eigenvalue weighted by atomic mass is 10.1. The zero-order valence-electron chi connectivity index (χ0n) is 12.3. The number of aromatic nitrogens is 1. The Morgan fingerprint density at radius 2 is 2.15 bits per heavy atom. The number of pyridine rings is 1. The molecule has 1 heterocycles. The van der Waals surface area contributed by atoms with Gasteiger partial charge in [-0.15, -0.1) is 0 Å². The van der Waals surface area contributed by atoms with E-state index in [1.807, 2.05) is 13.8 Å². The topological polar surface area (TPSA) is 95.0 Å². The van der Waals surface area contributed by atoms with E-state index in [9.17, 15) is 4.79 Å². The van der Waals surface area contributed by atoms with Crippen LogP contribution in [0.15, 0.2) is 12.1 Å². The number of carbonyl (C=O) groups excluding carboxylic acids is 1. The number of carbonyl (C=O) groups is 1. The molecule has 1 atom stereocenters. The van der Waals surface area contributed by atoms with Crippen LogP contribution in [0, 0.1) is 17.2 Å². The highest BCUT2D eigenvalue weighted by Gasteiger charge is 2.17. The van der Waals surface area contributed by atoms with Gasteiger partial charge >= 0.3 is 0 Å². The number of hydrogen-bond donors (Lipinski definition) is 2. The minimum absolute atomic E-state index is 0.145. The van der Waals surface area contributed by atoms with Gasteiger partial charge in [0.25, 0.3) is 5.91 Å². The molecule has 0 aliphatic carbocycles. The first kappa shape index (κ1) is 15.9. The van der Waals surface area contributed by atoms with Crippen LogP contribution in [-0.2, 0) is 0 Å².